The molecule has 1 aliphatic heterocycles. The zero-order chi connectivity index (χ0) is 14.4. The van der Waals surface area contributed by atoms with E-state index in [-0.39, 0.29) is 17.7 Å². The summed E-state index contributed by atoms with van der Waals surface area (Å²) >= 11 is 0. The van der Waals surface area contributed by atoms with Crippen LogP contribution in [0.25, 0.3) is 0 Å². The summed E-state index contributed by atoms with van der Waals surface area (Å²) in [5.41, 5.74) is 0.704. The van der Waals surface area contributed by atoms with Crippen molar-refractivity contribution in [3.63, 3.8) is 0 Å². The van der Waals surface area contributed by atoms with E-state index in [0.717, 1.165) is 19.4 Å². The summed E-state index contributed by atoms with van der Waals surface area (Å²) in [5.74, 6) is -0.510. The molecule has 0 bridgehead atoms. The number of carbonyl (C=O) groups excluding carboxylic acids is 1. The highest BCUT2D eigenvalue weighted by Crippen LogP contribution is 2.22. The van der Waals surface area contributed by atoms with E-state index in [0.29, 0.717) is 18.9 Å². The van der Waals surface area contributed by atoms with Crippen molar-refractivity contribution in [2.24, 2.45) is 5.92 Å². The number of esters is 1. The van der Waals surface area contributed by atoms with Crippen molar-refractivity contribution >= 4 is 11.7 Å². The van der Waals surface area contributed by atoms with Crippen molar-refractivity contribution in [1.29, 1.82) is 0 Å². The molecule has 5 heteroatoms. The van der Waals surface area contributed by atoms with Gasteiger partial charge in [-0.25, -0.2) is 9.18 Å². The molecule has 0 aromatic heterocycles. The molecule has 1 aromatic rings. The molecule has 1 heterocycles. The van der Waals surface area contributed by atoms with Gasteiger partial charge < -0.3 is 14.8 Å². The van der Waals surface area contributed by atoms with Crippen LogP contribution in [0.1, 0.15) is 19.8 Å². The van der Waals surface area contributed by atoms with E-state index in [4.69, 9.17) is 9.47 Å². The Hall–Kier alpha value is -1.62. The van der Waals surface area contributed by atoms with Crippen molar-refractivity contribution in [2.45, 2.75) is 25.8 Å². The van der Waals surface area contributed by atoms with Crippen LogP contribution >= 0.6 is 0 Å². The number of rotatable bonds is 5. The summed E-state index contributed by atoms with van der Waals surface area (Å²) in [6.07, 6.45) is 1.85. The van der Waals surface area contributed by atoms with E-state index in [2.05, 4.69) is 5.32 Å². The molecular weight excluding hydrogens is 261 g/mol. The van der Waals surface area contributed by atoms with Gasteiger partial charge in [0.15, 0.2) is 0 Å². The molecule has 0 amide bonds. The summed E-state index contributed by atoms with van der Waals surface area (Å²) in [7, 11) is 0. The van der Waals surface area contributed by atoms with Crippen LogP contribution in [0, 0.1) is 11.7 Å². The standard InChI is InChI=1S/C15H20FNO3/c1-2-20-15(18)14(11-4-3-9-19-10-11)17-13-7-5-12(16)6-8-13/h5-8,11,14,17H,2-4,9-10H2,1H3. The average molecular weight is 281 g/mol. The molecule has 1 aliphatic rings. The fourth-order valence-electron chi connectivity index (χ4n) is 2.36. The zero-order valence-corrected chi connectivity index (χ0v) is 11.6. The van der Waals surface area contributed by atoms with Gasteiger partial charge in [-0.05, 0) is 44.0 Å². The molecule has 1 N–H and O–H groups in total. The van der Waals surface area contributed by atoms with Crippen molar-refractivity contribution < 1.29 is 18.7 Å². The molecule has 2 rings (SSSR count). The Morgan fingerprint density at radius 2 is 2.25 bits per heavy atom. The number of hydrogen-bond donors (Lipinski definition) is 1. The minimum Gasteiger partial charge on any atom is -0.464 e. The fourth-order valence-corrected chi connectivity index (χ4v) is 2.36. The second-order valence-corrected chi connectivity index (χ2v) is 4.86. The van der Waals surface area contributed by atoms with Crippen molar-refractivity contribution in [3.05, 3.63) is 30.1 Å². The molecule has 0 aliphatic carbocycles. The molecule has 4 nitrogen and oxygen atoms in total. The number of halogens is 1. The molecule has 110 valence electrons. The monoisotopic (exact) mass is 281 g/mol. The van der Waals surface area contributed by atoms with E-state index < -0.39 is 6.04 Å². The van der Waals surface area contributed by atoms with Crippen LogP contribution in [0.4, 0.5) is 10.1 Å². The van der Waals surface area contributed by atoms with Gasteiger partial charge in [-0.2, -0.15) is 0 Å². The molecule has 0 saturated carbocycles. The van der Waals surface area contributed by atoms with E-state index in [1.165, 1.54) is 12.1 Å². The highest BCUT2D eigenvalue weighted by Gasteiger charge is 2.31. The molecule has 1 fully saturated rings. The Morgan fingerprint density at radius 3 is 2.85 bits per heavy atom. The van der Waals surface area contributed by atoms with Gasteiger partial charge in [0.1, 0.15) is 11.9 Å². The number of hydrogen-bond acceptors (Lipinski definition) is 4. The predicted octanol–water partition coefficient (Wildman–Crippen LogP) is 2.60. The molecule has 1 aromatic carbocycles. The van der Waals surface area contributed by atoms with Crippen LogP contribution in [0.5, 0.6) is 0 Å². The minimum absolute atomic E-state index is 0.0767. The van der Waals surface area contributed by atoms with Crippen molar-refractivity contribution in [3.8, 4) is 0 Å². The number of anilines is 1. The predicted molar refractivity (Wildman–Crippen MR) is 74.0 cm³/mol. The minimum atomic E-state index is -0.458. The van der Waals surface area contributed by atoms with Crippen LogP contribution in [-0.2, 0) is 14.3 Å². The van der Waals surface area contributed by atoms with Crippen LogP contribution < -0.4 is 5.32 Å². The lowest BCUT2D eigenvalue weighted by atomic mass is 9.93. The van der Waals surface area contributed by atoms with Gasteiger partial charge in [0.25, 0.3) is 0 Å². The Labute approximate surface area is 118 Å². The molecule has 2 unspecified atom stereocenters. The number of nitrogens with one attached hydrogen (secondary N) is 1. The lowest BCUT2D eigenvalue weighted by Crippen LogP contribution is -2.42. The van der Waals surface area contributed by atoms with Gasteiger partial charge in [0, 0.05) is 18.2 Å². The molecule has 0 radical (unpaired) electrons. The maximum absolute atomic E-state index is 12.9. The van der Waals surface area contributed by atoms with Gasteiger partial charge in [-0.15, -0.1) is 0 Å². The van der Waals surface area contributed by atoms with Gasteiger partial charge in [0.05, 0.1) is 13.2 Å². The van der Waals surface area contributed by atoms with Crippen LogP contribution in [0.2, 0.25) is 0 Å². The Morgan fingerprint density at radius 1 is 1.50 bits per heavy atom. The van der Waals surface area contributed by atoms with Crippen LogP contribution in [0.3, 0.4) is 0 Å². The summed E-state index contributed by atoms with van der Waals surface area (Å²) < 4.78 is 23.5. The third kappa shape index (κ3) is 3.93. The summed E-state index contributed by atoms with van der Waals surface area (Å²) in [5, 5.41) is 3.14. The molecule has 2 atom stereocenters. The highest BCUT2D eigenvalue weighted by molar-refractivity contribution is 5.79. The van der Waals surface area contributed by atoms with Crippen molar-refractivity contribution in [2.75, 3.05) is 25.1 Å². The van der Waals surface area contributed by atoms with E-state index in [1.54, 1.807) is 19.1 Å². The lowest BCUT2D eigenvalue weighted by Gasteiger charge is -2.30. The highest BCUT2D eigenvalue weighted by atomic mass is 19.1. The van der Waals surface area contributed by atoms with Crippen LogP contribution in [-0.4, -0.2) is 31.8 Å². The van der Waals surface area contributed by atoms with Crippen molar-refractivity contribution in [1.82, 2.24) is 0 Å². The molecule has 20 heavy (non-hydrogen) atoms. The fraction of sp³-hybridized carbons (Fsp3) is 0.533. The first-order valence-electron chi connectivity index (χ1n) is 6.97. The maximum Gasteiger partial charge on any atom is 0.328 e. The van der Waals surface area contributed by atoms with Gasteiger partial charge >= 0.3 is 5.97 Å². The zero-order valence-electron chi connectivity index (χ0n) is 11.6. The van der Waals surface area contributed by atoms with Gasteiger partial charge in [-0.1, -0.05) is 0 Å². The second-order valence-electron chi connectivity index (χ2n) is 4.86. The number of benzene rings is 1. The Balaban J connectivity index is 2.08. The SMILES string of the molecule is CCOC(=O)C(Nc1ccc(F)cc1)C1CCCOC1. The third-order valence-corrected chi connectivity index (χ3v) is 3.37. The Kier molecular flexibility index (Phi) is 5.35. The van der Waals surface area contributed by atoms with E-state index in [9.17, 15) is 9.18 Å². The molecule has 0 spiro atoms. The summed E-state index contributed by atoms with van der Waals surface area (Å²) in [6.45, 7) is 3.40. The second kappa shape index (κ2) is 7.24. The smallest absolute Gasteiger partial charge is 0.328 e. The topological polar surface area (TPSA) is 47.6 Å². The lowest BCUT2D eigenvalue weighted by molar-refractivity contribution is -0.146. The summed E-state index contributed by atoms with van der Waals surface area (Å²) in [6, 6.07) is 5.50. The molecular formula is C15H20FNO3. The molecule has 1 saturated heterocycles. The van der Waals surface area contributed by atoms with E-state index in [1.807, 2.05) is 0 Å². The van der Waals surface area contributed by atoms with Gasteiger partial charge in [0.2, 0.25) is 0 Å². The normalized spacial score (nSPS) is 20.2. The Bertz CT molecular complexity index is 429. The third-order valence-electron chi connectivity index (χ3n) is 3.37. The van der Waals surface area contributed by atoms with Gasteiger partial charge in [-0.3, -0.25) is 0 Å². The number of carbonyl (C=O) groups is 1. The first-order chi connectivity index (χ1) is 9.70. The first-order valence-corrected chi connectivity index (χ1v) is 6.97. The largest absolute Gasteiger partial charge is 0.464 e. The first kappa shape index (κ1) is 14.8. The maximum atomic E-state index is 12.9. The van der Waals surface area contributed by atoms with Crippen LogP contribution in [0.15, 0.2) is 24.3 Å². The quantitative estimate of drug-likeness (QED) is 0.843. The average Bonchev–Trinajstić information content (AvgIpc) is 2.48. The number of ether oxygens (including phenoxy) is 2. The van der Waals surface area contributed by atoms with E-state index >= 15 is 0 Å². The summed E-state index contributed by atoms with van der Waals surface area (Å²) in [4.78, 5) is 12.1.